The minimum atomic E-state index is -1.06. The standard InChI is InChI=1S/C26H34O7/c1-5-13(3)25-9-7-15(11-25)17(21(27)28)19(25)23(31)33-24(32)20-18(22(29)30)16-8-10-26(20,12-16)14(4)6-2/h7-10,13-20H,5-6,11-12H2,1-4H3,(H,27,28)(H,29,30). The third-order valence-corrected chi connectivity index (χ3v) is 9.62. The van der Waals surface area contributed by atoms with Crippen LogP contribution in [-0.4, -0.2) is 34.1 Å². The second kappa shape index (κ2) is 8.10. The molecule has 0 saturated heterocycles. The maximum atomic E-state index is 13.5. The predicted octanol–water partition coefficient (Wildman–Crippen LogP) is 3.93. The van der Waals surface area contributed by atoms with Crippen molar-refractivity contribution in [3.63, 3.8) is 0 Å². The summed E-state index contributed by atoms with van der Waals surface area (Å²) in [5.41, 5.74) is -1.32. The van der Waals surface area contributed by atoms with E-state index in [0.29, 0.717) is 12.8 Å². The summed E-state index contributed by atoms with van der Waals surface area (Å²) in [7, 11) is 0. The number of carbonyl (C=O) groups excluding carboxylic acids is 2. The lowest BCUT2D eigenvalue weighted by molar-refractivity contribution is -0.177. The van der Waals surface area contributed by atoms with Crippen molar-refractivity contribution in [2.75, 3.05) is 0 Å². The fourth-order valence-electron chi connectivity index (χ4n) is 7.53. The van der Waals surface area contributed by atoms with Gasteiger partial charge in [-0.25, -0.2) is 0 Å². The number of fused-ring (bicyclic) bond motifs is 4. The summed E-state index contributed by atoms with van der Waals surface area (Å²) in [6, 6.07) is 0. The molecule has 0 heterocycles. The maximum Gasteiger partial charge on any atom is 0.318 e. The number of hydrogen-bond donors (Lipinski definition) is 2. The molecule has 2 N–H and O–H groups in total. The van der Waals surface area contributed by atoms with Gasteiger partial charge in [0.15, 0.2) is 0 Å². The van der Waals surface area contributed by atoms with E-state index in [0.717, 1.165) is 12.8 Å². The third kappa shape index (κ3) is 3.22. The molecule has 0 aliphatic heterocycles. The molecule has 180 valence electrons. The Hall–Kier alpha value is -2.44. The van der Waals surface area contributed by atoms with Gasteiger partial charge in [0.05, 0.1) is 23.7 Å². The van der Waals surface area contributed by atoms with E-state index in [-0.39, 0.29) is 23.7 Å². The highest BCUT2D eigenvalue weighted by molar-refractivity contribution is 5.94. The number of rotatable bonds is 8. The first-order chi connectivity index (χ1) is 15.5. The lowest BCUT2D eigenvalue weighted by Gasteiger charge is -2.39. The zero-order valence-electron chi connectivity index (χ0n) is 19.7. The normalized spacial score (nSPS) is 41.8. The topological polar surface area (TPSA) is 118 Å². The van der Waals surface area contributed by atoms with Gasteiger partial charge in [-0.1, -0.05) is 64.8 Å². The van der Waals surface area contributed by atoms with Gasteiger partial charge in [-0.15, -0.1) is 0 Å². The molecule has 0 amide bonds. The summed E-state index contributed by atoms with van der Waals surface area (Å²) < 4.78 is 5.45. The zero-order chi connectivity index (χ0) is 24.3. The number of hydrogen-bond acceptors (Lipinski definition) is 5. The number of allylic oxidation sites excluding steroid dienone is 4. The zero-order valence-corrected chi connectivity index (χ0v) is 19.7. The maximum absolute atomic E-state index is 13.5. The Morgan fingerprint density at radius 2 is 1.18 bits per heavy atom. The van der Waals surface area contributed by atoms with Crippen LogP contribution in [0.3, 0.4) is 0 Å². The molecule has 2 fully saturated rings. The lowest BCUT2D eigenvalue weighted by atomic mass is 9.65. The smallest absolute Gasteiger partial charge is 0.318 e. The van der Waals surface area contributed by atoms with Gasteiger partial charge >= 0.3 is 23.9 Å². The monoisotopic (exact) mass is 458 g/mol. The molecule has 0 spiro atoms. The quantitative estimate of drug-likeness (QED) is 0.321. The number of carbonyl (C=O) groups is 4. The molecule has 7 nitrogen and oxygen atoms in total. The van der Waals surface area contributed by atoms with Gasteiger partial charge < -0.3 is 14.9 Å². The van der Waals surface area contributed by atoms with Crippen LogP contribution in [0.4, 0.5) is 0 Å². The van der Waals surface area contributed by atoms with Crippen LogP contribution in [0.1, 0.15) is 53.4 Å². The first kappa shape index (κ1) is 23.7. The van der Waals surface area contributed by atoms with E-state index in [4.69, 9.17) is 4.74 Å². The molecular weight excluding hydrogens is 424 g/mol. The largest absolute Gasteiger partial charge is 0.481 e. The van der Waals surface area contributed by atoms with E-state index in [9.17, 15) is 29.4 Å². The second-order valence-corrected chi connectivity index (χ2v) is 10.7. The molecule has 4 aliphatic carbocycles. The summed E-state index contributed by atoms with van der Waals surface area (Å²) in [6.07, 6.45) is 10.3. The van der Waals surface area contributed by atoms with Crippen molar-refractivity contribution in [2.45, 2.75) is 53.4 Å². The van der Waals surface area contributed by atoms with Crippen LogP contribution in [0.15, 0.2) is 24.3 Å². The highest BCUT2D eigenvalue weighted by Crippen LogP contribution is 2.63. The average molecular weight is 459 g/mol. The van der Waals surface area contributed by atoms with E-state index in [1.54, 1.807) is 0 Å². The van der Waals surface area contributed by atoms with E-state index >= 15 is 0 Å². The van der Waals surface area contributed by atoms with Crippen LogP contribution >= 0.6 is 0 Å². The molecule has 7 heteroatoms. The lowest BCUT2D eigenvalue weighted by Crippen LogP contribution is -2.46. The molecule has 4 aliphatic rings. The number of ether oxygens (including phenoxy) is 1. The van der Waals surface area contributed by atoms with Crippen LogP contribution < -0.4 is 0 Å². The van der Waals surface area contributed by atoms with E-state index in [1.807, 2.05) is 52.0 Å². The van der Waals surface area contributed by atoms with Gasteiger partial charge in [-0.3, -0.25) is 19.2 Å². The highest BCUT2D eigenvalue weighted by atomic mass is 16.6. The summed E-state index contributed by atoms with van der Waals surface area (Å²) in [4.78, 5) is 51.2. The predicted molar refractivity (Wildman–Crippen MR) is 119 cm³/mol. The molecule has 10 unspecified atom stereocenters. The second-order valence-electron chi connectivity index (χ2n) is 10.7. The molecule has 0 aromatic heterocycles. The number of esters is 2. The van der Waals surface area contributed by atoms with Gasteiger partial charge in [0.2, 0.25) is 0 Å². The molecular formula is C26H34O7. The van der Waals surface area contributed by atoms with Crippen molar-refractivity contribution in [2.24, 2.45) is 58.2 Å². The van der Waals surface area contributed by atoms with Crippen LogP contribution in [0.25, 0.3) is 0 Å². The van der Waals surface area contributed by atoms with Gasteiger partial charge in [0.1, 0.15) is 0 Å². The van der Waals surface area contributed by atoms with E-state index < -0.39 is 58.4 Å². The molecule has 0 radical (unpaired) electrons. The molecule has 33 heavy (non-hydrogen) atoms. The summed E-state index contributed by atoms with van der Waals surface area (Å²) >= 11 is 0. The van der Waals surface area contributed by atoms with Crippen LogP contribution in [-0.2, 0) is 23.9 Å². The first-order valence-electron chi connectivity index (χ1n) is 12.1. The third-order valence-electron chi connectivity index (χ3n) is 9.62. The van der Waals surface area contributed by atoms with Crippen LogP contribution in [0, 0.1) is 58.2 Å². The minimum absolute atomic E-state index is 0.0411. The van der Waals surface area contributed by atoms with Gasteiger partial charge in [0.25, 0.3) is 0 Å². The minimum Gasteiger partial charge on any atom is -0.481 e. The number of carboxylic acid groups (broad SMARTS) is 2. The average Bonchev–Trinajstić information content (AvgIpc) is 3.54. The fraction of sp³-hybridized carbons (Fsp3) is 0.692. The summed E-state index contributed by atoms with van der Waals surface area (Å²) in [5, 5.41) is 19.8. The SMILES string of the molecule is CCC(C)C12C=CC(C1)C(C(=O)O)C2C(=O)OC(=O)C1C(C(=O)O)C2C=CC1(C(C)CC)C2. The van der Waals surface area contributed by atoms with Crippen LogP contribution in [0.2, 0.25) is 0 Å². The molecule has 2 saturated carbocycles. The highest BCUT2D eigenvalue weighted by Gasteiger charge is 2.65. The first-order valence-corrected chi connectivity index (χ1v) is 12.1. The van der Waals surface area contributed by atoms with E-state index in [2.05, 4.69) is 0 Å². The van der Waals surface area contributed by atoms with Gasteiger partial charge in [-0.05, 0) is 36.5 Å². The number of aliphatic carboxylic acids is 2. The Balaban J connectivity index is 1.65. The van der Waals surface area contributed by atoms with Crippen molar-refractivity contribution < 1.29 is 34.1 Å². The Morgan fingerprint density at radius 3 is 1.48 bits per heavy atom. The molecule has 0 aromatic rings. The van der Waals surface area contributed by atoms with E-state index in [1.165, 1.54) is 0 Å². The molecule has 10 atom stereocenters. The van der Waals surface area contributed by atoms with Gasteiger partial charge in [0, 0.05) is 10.8 Å². The number of carboxylic acids is 2. The Kier molecular flexibility index (Phi) is 5.82. The van der Waals surface area contributed by atoms with Crippen molar-refractivity contribution in [1.29, 1.82) is 0 Å². The Morgan fingerprint density at radius 1 is 0.818 bits per heavy atom. The fourth-order valence-corrected chi connectivity index (χ4v) is 7.53. The summed E-state index contributed by atoms with van der Waals surface area (Å²) in [6.45, 7) is 7.99. The van der Waals surface area contributed by atoms with Crippen molar-refractivity contribution in [3.8, 4) is 0 Å². The molecule has 0 aromatic carbocycles. The van der Waals surface area contributed by atoms with Crippen molar-refractivity contribution in [1.82, 2.24) is 0 Å². The molecule has 4 rings (SSSR count). The van der Waals surface area contributed by atoms with Gasteiger partial charge in [-0.2, -0.15) is 0 Å². The Bertz CT molecular complexity index is 861. The summed E-state index contributed by atoms with van der Waals surface area (Å²) in [5.74, 6) is -8.03. The van der Waals surface area contributed by atoms with Crippen molar-refractivity contribution in [3.05, 3.63) is 24.3 Å². The van der Waals surface area contributed by atoms with Crippen molar-refractivity contribution >= 4 is 23.9 Å². The van der Waals surface area contributed by atoms with Crippen LogP contribution in [0.5, 0.6) is 0 Å². The Labute approximate surface area is 194 Å². The molecule has 4 bridgehead atoms.